The SMILES string of the molecule is C=CCNC(=NCc1ccc(C)cc1OCC1CC1)NCC(=O)N(C)C. The summed E-state index contributed by atoms with van der Waals surface area (Å²) in [5, 5.41) is 6.19. The lowest BCUT2D eigenvalue weighted by Gasteiger charge is -2.15. The van der Waals surface area contributed by atoms with Gasteiger partial charge in [-0.3, -0.25) is 4.79 Å². The van der Waals surface area contributed by atoms with Gasteiger partial charge in [0.15, 0.2) is 5.96 Å². The lowest BCUT2D eigenvalue weighted by Crippen LogP contribution is -2.43. The first-order chi connectivity index (χ1) is 12.5. The quantitative estimate of drug-likeness (QED) is 0.403. The maximum atomic E-state index is 11.8. The van der Waals surface area contributed by atoms with Gasteiger partial charge in [0.25, 0.3) is 0 Å². The molecule has 1 amide bonds. The van der Waals surface area contributed by atoms with Gasteiger partial charge in [0.2, 0.25) is 5.91 Å². The minimum absolute atomic E-state index is 0.0121. The first-order valence-electron chi connectivity index (χ1n) is 9.05. The van der Waals surface area contributed by atoms with Crippen molar-refractivity contribution in [1.82, 2.24) is 15.5 Å². The molecule has 2 N–H and O–H groups in total. The van der Waals surface area contributed by atoms with Crippen molar-refractivity contribution < 1.29 is 9.53 Å². The molecular weight excluding hydrogens is 328 g/mol. The van der Waals surface area contributed by atoms with Crippen molar-refractivity contribution in [3.05, 3.63) is 42.0 Å². The van der Waals surface area contributed by atoms with Crippen LogP contribution in [-0.4, -0.2) is 50.6 Å². The van der Waals surface area contributed by atoms with Crippen molar-refractivity contribution in [2.75, 3.05) is 33.8 Å². The highest BCUT2D eigenvalue weighted by molar-refractivity contribution is 5.86. The van der Waals surface area contributed by atoms with Crippen molar-refractivity contribution in [2.45, 2.75) is 26.3 Å². The maximum Gasteiger partial charge on any atom is 0.241 e. The molecule has 2 rings (SSSR count). The van der Waals surface area contributed by atoms with E-state index >= 15 is 0 Å². The highest BCUT2D eigenvalue weighted by Crippen LogP contribution is 2.30. The first-order valence-corrected chi connectivity index (χ1v) is 9.05. The van der Waals surface area contributed by atoms with Gasteiger partial charge in [-0.05, 0) is 37.3 Å². The number of aliphatic imine (C=N–C) groups is 1. The molecule has 6 nitrogen and oxygen atoms in total. The molecule has 0 heterocycles. The Balaban J connectivity index is 2.03. The van der Waals surface area contributed by atoms with Crippen molar-refractivity contribution >= 4 is 11.9 Å². The van der Waals surface area contributed by atoms with E-state index in [-0.39, 0.29) is 12.5 Å². The molecular formula is C20H30N4O2. The molecule has 0 atom stereocenters. The zero-order valence-electron chi connectivity index (χ0n) is 16.0. The van der Waals surface area contributed by atoms with Gasteiger partial charge >= 0.3 is 0 Å². The van der Waals surface area contributed by atoms with Crippen LogP contribution >= 0.6 is 0 Å². The van der Waals surface area contributed by atoms with Crippen LogP contribution in [0.2, 0.25) is 0 Å². The summed E-state index contributed by atoms with van der Waals surface area (Å²) >= 11 is 0. The van der Waals surface area contributed by atoms with E-state index in [1.165, 1.54) is 18.4 Å². The van der Waals surface area contributed by atoms with E-state index in [9.17, 15) is 4.79 Å². The van der Waals surface area contributed by atoms with Crippen LogP contribution in [0, 0.1) is 12.8 Å². The highest BCUT2D eigenvalue weighted by Gasteiger charge is 2.22. The number of likely N-dealkylation sites (N-methyl/N-ethyl adjacent to an activating group) is 1. The summed E-state index contributed by atoms with van der Waals surface area (Å²) in [7, 11) is 3.46. The van der Waals surface area contributed by atoms with Crippen LogP contribution in [0.25, 0.3) is 0 Å². The van der Waals surface area contributed by atoms with E-state index in [4.69, 9.17) is 4.74 Å². The standard InChI is InChI=1S/C20H30N4O2/c1-5-10-21-20(23-13-19(25)24(3)4)22-12-17-9-6-15(2)11-18(17)26-14-16-7-8-16/h5-6,9,11,16H,1,7-8,10,12-14H2,2-4H3,(H2,21,22,23). The number of nitrogens with zero attached hydrogens (tertiary/aromatic N) is 2. The van der Waals surface area contributed by atoms with E-state index in [1.807, 2.05) is 0 Å². The van der Waals surface area contributed by atoms with Crippen LogP contribution in [0.1, 0.15) is 24.0 Å². The molecule has 0 unspecified atom stereocenters. The largest absolute Gasteiger partial charge is 0.493 e. The molecule has 6 heteroatoms. The zero-order valence-corrected chi connectivity index (χ0v) is 16.0. The van der Waals surface area contributed by atoms with Gasteiger partial charge < -0.3 is 20.3 Å². The summed E-state index contributed by atoms with van der Waals surface area (Å²) in [5.74, 6) is 2.17. The second-order valence-corrected chi connectivity index (χ2v) is 6.84. The van der Waals surface area contributed by atoms with Gasteiger partial charge in [-0.1, -0.05) is 18.2 Å². The number of carbonyl (C=O) groups excluding carboxylic acids is 1. The van der Waals surface area contributed by atoms with E-state index in [1.54, 1.807) is 25.1 Å². The number of rotatable bonds is 9. The molecule has 26 heavy (non-hydrogen) atoms. The fourth-order valence-electron chi connectivity index (χ4n) is 2.24. The zero-order chi connectivity index (χ0) is 18.9. The minimum Gasteiger partial charge on any atom is -0.493 e. The van der Waals surface area contributed by atoms with Gasteiger partial charge in [0, 0.05) is 26.2 Å². The third kappa shape index (κ3) is 6.78. The average molecular weight is 358 g/mol. The molecule has 142 valence electrons. The van der Waals surface area contributed by atoms with Crippen LogP contribution in [-0.2, 0) is 11.3 Å². The van der Waals surface area contributed by atoms with Crippen molar-refractivity contribution in [3.63, 3.8) is 0 Å². The molecule has 1 aliphatic carbocycles. The van der Waals surface area contributed by atoms with Crippen LogP contribution in [0.15, 0.2) is 35.8 Å². The normalized spacial score (nSPS) is 13.9. The molecule has 1 aromatic carbocycles. The van der Waals surface area contributed by atoms with Gasteiger partial charge in [0.1, 0.15) is 5.75 Å². The van der Waals surface area contributed by atoms with Crippen LogP contribution in [0.4, 0.5) is 0 Å². The van der Waals surface area contributed by atoms with Crippen LogP contribution in [0.3, 0.4) is 0 Å². The summed E-state index contributed by atoms with van der Waals surface area (Å²) in [6, 6.07) is 6.18. The molecule has 1 fully saturated rings. The Morgan fingerprint density at radius 1 is 1.38 bits per heavy atom. The molecule has 1 aromatic rings. The highest BCUT2D eigenvalue weighted by atomic mass is 16.5. The van der Waals surface area contributed by atoms with Gasteiger partial charge in [-0.25, -0.2) is 4.99 Å². The number of benzene rings is 1. The lowest BCUT2D eigenvalue weighted by molar-refractivity contribution is -0.127. The lowest BCUT2D eigenvalue weighted by atomic mass is 10.1. The predicted molar refractivity (Wildman–Crippen MR) is 105 cm³/mol. The second-order valence-electron chi connectivity index (χ2n) is 6.84. The Kier molecular flexibility index (Phi) is 7.51. The van der Waals surface area contributed by atoms with E-state index < -0.39 is 0 Å². The number of carbonyl (C=O) groups is 1. The molecule has 0 bridgehead atoms. The minimum atomic E-state index is -0.0121. The van der Waals surface area contributed by atoms with E-state index in [2.05, 4.69) is 47.3 Å². The van der Waals surface area contributed by atoms with Crippen molar-refractivity contribution in [2.24, 2.45) is 10.9 Å². The average Bonchev–Trinajstić information content (AvgIpc) is 3.44. The number of nitrogens with one attached hydrogen (secondary N) is 2. The predicted octanol–water partition coefficient (Wildman–Crippen LogP) is 2.09. The number of aryl methyl sites for hydroxylation is 1. The van der Waals surface area contributed by atoms with Crippen molar-refractivity contribution in [3.8, 4) is 5.75 Å². The summed E-state index contributed by atoms with van der Waals surface area (Å²) < 4.78 is 6.00. The summed E-state index contributed by atoms with van der Waals surface area (Å²) in [5.41, 5.74) is 2.21. The Bertz CT molecular complexity index is 651. The Morgan fingerprint density at radius 2 is 2.15 bits per heavy atom. The van der Waals surface area contributed by atoms with Crippen LogP contribution < -0.4 is 15.4 Å². The maximum absolute atomic E-state index is 11.8. The summed E-state index contributed by atoms with van der Waals surface area (Å²) in [4.78, 5) is 17.9. The molecule has 0 saturated heterocycles. The topological polar surface area (TPSA) is 66.0 Å². The fraction of sp³-hybridized carbons (Fsp3) is 0.500. The monoisotopic (exact) mass is 358 g/mol. The Labute approximate surface area is 156 Å². The van der Waals surface area contributed by atoms with Gasteiger partial charge in [-0.15, -0.1) is 6.58 Å². The number of amides is 1. The Hall–Kier alpha value is -2.50. The van der Waals surface area contributed by atoms with Crippen molar-refractivity contribution in [1.29, 1.82) is 0 Å². The Morgan fingerprint density at radius 3 is 2.81 bits per heavy atom. The number of ether oxygens (including phenoxy) is 1. The number of hydrogen-bond donors (Lipinski definition) is 2. The van der Waals surface area contributed by atoms with Gasteiger partial charge in [0.05, 0.1) is 19.7 Å². The third-order valence-electron chi connectivity index (χ3n) is 4.12. The third-order valence-corrected chi connectivity index (χ3v) is 4.12. The fourth-order valence-corrected chi connectivity index (χ4v) is 2.24. The summed E-state index contributed by atoms with van der Waals surface area (Å²) in [6.07, 6.45) is 4.28. The smallest absolute Gasteiger partial charge is 0.241 e. The van der Waals surface area contributed by atoms with E-state index in [0.29, 0.717) is 25.0 Å². The molecule has 0 aliphatic heterocycles. The van der Waals surface area contributed by atoms with Gasteiger partial charge in [-0.2, -0.15) is 0 Å². The summed E-state index contributed by atoms with van der Waals surface area (Å²) in [6.45, 7) is 7.77. The molecule has 0 spiro atoms. The number of guanidine groups is 1. The first kappa shape index (κ1) is 19.8. The van der Waals surface area contributed by atoms with Crippen LogP contribution in [0.5, 0.6) is 5.75 Å². The van der Waals surface area contributed by atoms with E-state index in [0.717, 1.165) is 17.9 Å². The molecule has 1 saturated carbocycles. The molecule has 0 radical (unpaired) electrons. The number of hydrogen-bond acceptors (Lipinski definition) is 3. The molecule has 1 aliphatic rings. The second kappa shape index (κ2) is 9.85. The molecule has 0 aromatic heterocycles.